The first-order valence-corrected chi connectivity index (χ1v) is 15.8. The van der Waals surface area contributed by atoms with Crippen LogP contribution in [-0.4, -0.2) is 4.57 Å². The minimum Gasteiger partial charge on any atom is -0.489 e. The topological polar surface area (TPSA) is 43.6 Å². The van der Waals surface area contributed by atoms with Crippen molar-refractivity contribution in [3.63, 3.8) is 0 Å². The normalized spacial score (nSPS) is 16.1. The zero-order valence-electron chi connectivity index (χ0n) is 22.7. The Hall–Kier alpha value is -4.52. The van der Waals surface area contributed by atoms with Crippen LogP contribution in [-0.2, 0) is 13.0 Å². The fourth-order valence-electron chi connectivity index (χ4n) is 6.14. The molecule has 2 aliphatic rings. The van der Waals surface area contributed by atoms with Crippen molar-refractivity contribution in [2.24, 2.45) is 4.99 Å². The van der Waals surface area contributed by atoms with Gasteiger partial charge in [0.05, 0.1) is 16.3 Å². The molecule has 0 fully saturated rings. The zero-order valence-corrected chi connectivity index (χ0v) is 24.3. The van der Waals surface area contributed by atoms with E-state index < -0.39 is 0 Å². The molecule has 8 rings (SSSR count). The van der Waals surface area contributed by atoms with Crippen LogP contribution in [0.25, 0.3) is 22.5 Å². The molecule has 6 aromatic rings. The monoisotopic (exact) mass is 582 g/mol. The van der Waals surface area contributed by atoms with Gasteiger partial charge in [0.1, 0.15) is 12.4 Å². The molecule has 0 bridgehead atoms. The Balaban J connectivity index is 1.18. The summed E-state index contributed by atoms with van der Waals surface area (Å²) >= 11 is 3.16. The van der Waals surface area contributed by atoms with Crippen LogP contribution in [0.1, 0.15) is 39.6 Å². The quantitative estimate of drug-likeness (QED) is 0.217. The van der Waals surface area contributed by atoms with Crippen LogP contribution in [0.5, 0.6) is 5.75 Å². The highest BCUT2D eigenvalue weighted by Crippen LogP contribution is 2.42. The third-order valence-corrected chi connectivity index (χ3v) is 10.0. The number of rotatable bonds is 5. The molecule has 42 heavy (non-hydrogen) atoms. The number of hydrogen-bond donors (Lipinski definition) is 0. The highest BCUT2D eigenvalue weighted by atomic mass is 32.1. The van der Waals surface area contributed by atoms with E-state index in [9.17, 15) is 4.79 Å². The van der Waals surface area contributed by atoms with Gasteiger partial charge >= 0.3 is 0 Å². The van der Waals surface area contributed by atoms with Gasteiger partial charge in [0.25, 0.3) is 5.56 Å². The highest BCUT2D eigenvalue weighted by molar-refractivity contribution is 7.10. The Morgan fingerprint density at radius 1 is 0.905 bits per heavy atom. The van der Waals surface area contributed by atoms with E-state index in [-0.39, 0.29) is 11.6 Å². The van der Waals surface area contributed by atoms with Gasteiger partial charge in [-0.3, -0.25) is 9.36 Å². The fourth-order valence-corrected chi connectivity index (χ4v) is 7.99. The second-order valence-electron chi connectivity index (χ2n) is 10.6. The first-order chi connectivity index (χ1) is 20.7. The first kappa shape index (κ1) is 25.2. The van der Waals surface area contributed by atoms with Gasteiger partial charge in [-0.15, -0.1) is 11.3 Å². The van der Waals surface area contributed by atoms with E-state index >= 15 is 0 Å². The lowest BCUT2D eigenvalue weighted by Gasteiger charge is -2.30. The number of hydrogen-bond acceptors (Lipinski definition) is 5. The molecule has 3 heterocycles. The van der Waals surface area contributed by atoms with Crippen LogP contribution in [0.2, 0.25) is 0 Å². The number of benzene rings is 4. The van der Waals surface area contributed by atoms with Gasteiger partial charge in [0, 0.05) is 10.4 Å². The van der Waals surface area contributed by atoms with Gasteiger partial charge in [-0.05, 0) is 75.5 Å². The Labute approximate surface area is 250 Å². The van der Waals surface area contributed by atoms with Crippen molar-refractivity contribution in [1.29, 1.82) is 0 Å². The smallest absolute Gasteiger partial charge is 0.271 e. The molecule has 1 unspecified atom stereocenters. The molecule has 0 saturated carbocycles. The maximum atomic E-state index is 14.0. The van der Waals surface area contributed by atoms with Crippen molar-refractivity contribution in [3.05, 3.63) is 161 Å². The number of fused-ring (bicyclic) bond motifs is 4. The summed E-state index contributed by atoms with van der Waals surface area (Å²) in [6.45, 7) is 0.473. The molecule has 0 amide bonds. The summed E-state index contributed by atoms with van der Waals surface area (Å²) in [7, 11) is 0. The number of allylic oxidation sites excluding steroid dienone is 1. The summed E-state index contributed by atoms with van der Waals surface area (Å²) in [6, 6.07) is 35.2. The highest BCUT2D eigenvalue weighted by Gasteiger charge is 2.33. The molecule has 4 aromatic carbocycles. The van der Waals surface area contributed by atoms with Gasteiger partial charge in [0.2, 0.25) is 0 Å². The van der Waals surface area contributed by atoms with Crippen LogP contribution in [0.3, 0.4) is 0 Å². The van der Waals surface area contributed by atoms with Gasteiger partial charge < -0.3 is 4.74 Å². The van der Waals surface area contributed by atoms with Crippen LogP contribution in [0, 0.1) is 0 Å². The van der Waals surface area contributed by atoms with E-state index in [0.717, 1.165) is 40.2 Å². The predicted molar refractivity (Wildman–Crippen MR) is 172 cm³/mol. The number of ether oxygens (including phenoxy) is 1. The summed E-state index contributed by atoms with van der Waals surface area (Å²) in [5.74, 6) is 0.771. The predicted octanol–water partition coefficient (Wildman–Crippen LogP) is 7.11. The Morgan fingerprint density at radius 2 is 1.76 bits per heavy atom. The van der Waals surface area contributed by atoms with Crippen molar-refractivity contribution in [2.45, 2.75) is 25.5 Å². The molecule has 2 aromatic heterocycles. The zero-order chi connectivity index (χ0) is 28.0. The lowest BCUT2D eigenvalue weighted by Crippen LogP contribution is -2.38. The summed E-state index contributed by atoms with van der Waals surface area (Å²) in [6.07, 6.45) is 3.83. The van der Waals surface area contributed by atoms with Crippen molar-refractivity contribution in [2.75, 3.05) is 0 Å². The SMILES string of the molecule is O=c1/c(=C\c2cccc(OCc3cccc4ccccc34)c2)sc2n1C(c1cccs1)C1=C(N=2)c2ccccc2CC1. The van der Waals surface area contributed by atoms with Gasteiger partial charge in [-0.1, -0.05) is 96.3 Å². The summed E-state index contributed by atoms with van der Waals surface area (Å²) < 4.78 is 8.82. The minimum atomic E-state index is -0.123. The molecule has 0 radical (unpaired) electrons. The van der Waals surface area contributed by atoms with E-state index in [4.69, 9.17) is 9.73 Å². The molecule has 1 aliphatic heterocycles. The molecular formula is C36H26N2O2S2. The summed E-state index contributed by atoms with van der Waals surface area (Å²) in [5.41, 5.74) is 6.86. The minimum absolute atomic E-state index is 0.00429. The largest absolute Gasteiger partial charge is 0.489 e. The van der Waals surface area contributed by atoms with E-state index in [1.54, 1.807) is 11.3 Å². The van der Waals surface area contributed by atoms with Crippen molar-refractivity contribution in [3.8, 4) is 5.75 Å². The van der Waals surface area contributed by atoms with E-state index in [1.165, 1.54) is 43.7 Å². The molecular weight excluding hydrogens is 557 g/mol. The molecule has 4 nitrogen and oxygen atoms in total. The maximum absolute atomic E-state index is 14.0. The number of aromatic nitrogens is 1. The molecule has 1 aliphatic carbocycles. The lowest BCUT2D eigenvalue weighted by atomic mass is 9.85. The van der Waals surface area contributed by atoms with E-state index in [1.807, 2.05) is 34.9 Å². The third-order valence-electron chi connectivity index (χ3n) is 8.12. The standard InChI is InChI=1S/C36H26N2O2S2/c39-35-32(21-23-8-5-13-27(20-23)40-22-26-12-6-11-24-9-1-3-14-28(24)26)42-36-37-33-29-15-4-2-10-25(29)17-18-30(33)34(38(35)36)31-16-7-19-41-31/h1-16,19-21,34H,17-18,22H2/b32-21+. The van der Waals surface area contributed by atoms with Crippen molar-refractivity contribution >= 4 is 45.2 Å². The average molecular weight is 583 g/mol. The molecule has 6 heteroatoms. The number of thiophene rings is 1. The fraction of sp³-hybridized carbons (Fsp3) is 0.111. The molecule has 0 N–H and O–H groups in total. The van der Waals surface area contributed by atoms with Crippen LogP contribution < -0.4 is 19.6 Å². The maximum Gasteiger partial charge on any atom is 0.271 e. The first-order valence-electron chi connectivity index (χ1n) is 14.1. The van der Waals surface area contributed by atoms with Crippen LogP contribution >= 0.6 is 22.7 Å². The van der Waals surface area contributed by atoms with Crippen molar-refractivity contribution < 1.29 is 4.74 Å². The third kappa shape index (κ3) is 4.35. The van der Waals surface area contributed by atoms with Gasteiger partial charge in [-0.25, -0.2) is 4.99 Å². The van der Waals surface area contributed by atoms with E-state index in [0.29, 0.717) is 11.1 Å². The molecule has 204 valence electrons. The second-order valence-corrected chi connectivity index (χ2v) is 12.6. The Bertz CT molecular complexity index is 2180. The second kappa shape index (κ2) is 10.4. The van der Waals surface area contributed by atoms with E-state index in [2.05, 4.69) is 84.2 Å². The number of aryl methyl sites for hydroxylation is 1. The lowest BCUT2D eigenvalue weighted by molar-refractivity contribution is 0.307. The Kier molecular flexibility index (Phi) is 6.24. The van der Waals surface area contributed by atoms with Gasteiger partial charge in [0.15, 0.2) is 4.80 Å². The van der Waals surface area contributed by atoms with Gasteiger partial charge in [-0.2, -0.15) is 0 Å². The average Bonchev–Trinajstić information content (AvgIpc) is 3.67. The van der Waals surface area contributed by atoms with Crippen molar-refractivity contribution in [1.82, 2.24) is 4.57 Å². The molecule has 0 spiro atoms. The number of nitrogens with zero attached hydrogens (tertiary/aromatic N) is 2. The number of thiazole rings is 1. The summed E-state index contributed by atoms with van der Waals surface area (Å²) in [5, 5.41) is 4.49. The summed E-state index contributed by atoms with van der Waals surface area (Å²) in [4.78, 5) is 21.0. The van der Waals surface area contributed by atoms with Crippen LogP contribution in [0.4, 0.5) is 0 Å². The molecule has 0 saturated heterocycles. The molecule has 1 atom stereocenters. The Morgan fingerprint density at radius 3 is 2.69 bits per heavy atom. The van der Waals surface area contributed by atoms with Crippen LogP contribution in [0.15, 0.2) is 124 Å².